The molecule has 0 aliphatic carbocycles. The Morgan fingerprint density at radius 1 is 1.35 bits per heavy atom. The monoisotopic (exact) mass is 360 g/mol. The molecule has 1 unspecified atom stereocenters. The van der Waals surface area contributed by atoms with E-state index >= 15 is 0 Å². The van der Waals surface area contributed by atoms with E-state index in [0.717, 1.165) is 37.3 Å². The van der Waals surface area contributed by atoms with Crippen molar-refractivity contribution in [2.75, 3.05) is 25.1 Å². The first-order chi connectivity index (χ1) is 12.6. The lowest BCUT2D eigenvalue weighted by molar-refractivity contribution is 0.276. The van der Waals surface area contributed by atoms with E-state index in [4.69, 9.17) is 4.74 Å². The molecule has 0 spiro atoms. The molecule has 0 fully saturated rings. The fraction of sp³-hybridized carbons (Fsp3) is 0.650. The molecule has 2 heterocycles. The summed E-state index contributed by atoms with van der Waals surface area (Å²) in [5, 5.41) is 12.7. The molecule has 0 bridgehead atoms. The van der Waals surface area contributed by atoms with Gasteiger partial charge < -0.3 is 15.2 Å². The SMILES string of the molecule is CCC[C@@H](CCO)Nc1nc(CC)ncc1OCC1=NCC(C)C(C)=C1. The normalized spacial score (nSPS) is 18.1. The van der Waals surface area contributed by atoms with Gasteiger partial charge in [0, 0.05) is 25.6 Å². The lowest BCUT2D eigenvalue weighted by Gasteiger charge is -2.21. The third-order valence-electron chi connectivity index (χ3n) is 4.69. The number of aromatic nitrogens is 2. The van der Waals surface area contributed by atoms with E-state index in [1.807, 2.05) is 6.92 Å². The minimum Gasteiger partial charge on any atom is -0.482 e. The van der Waals surface area contributed by atoms with E-state index in [9.17, 15) is 5.11 Å². The van der Waals surface area contributed by atoms with Gasteiger partial charge in [-0.25, -0.2) is 9.97 Å². The van der Waals surface area contributed by atoms with Gasteiger partial charge in [0.25, 0.3) is 0 Å². The highest BCUT2D eigenvalue weighted by Crippen LogP contribution is 2.24. The number of aliphatic hydroxyl groups is 1. The van der Waals surface area contributed by atoms with Gasteiger partial charge in [0.05, 0.1) is 11.9 Å². The fourth-order valence-electron chi connectivity index (χ4n) is 2.86. The summed E-state index contributed by atoms with van der Waals surface area (Å²) in [6, 6.07) is 0.168. The maximum Gasteiger partial charge on any atom is 0.180 e. The van der Waals surface area contributed by atoms with E-state index in [1.54, 1.807) is 6.20 Å². The van der Waals surface area contributed by atoms with Crippen LogP contribution in [0.15, 0.2) is 22.8 Å². The number of rotatable bonds is 10. The molecule has 2 rings (SSSR count). The molecule has 0 saturated carbocycles. The van der Waals surface area contributed by atoms with Crippen LogP contribution in [0.2, 0.25) is 0 Å². The second-order valence-corrected chi connectivity index (χ2v) is 6.90. The summed E-state index contributed by atoms with van der Waals surface area (Å²) in [5.74, 6) is 2.61. The highest BCUT2D eigenvalue weighted by atomic mass is 16.5. The summed E-state index contributed by atoms with van der Waals surface area (Å²) >= 11 is 0. The Bertz CT molecular complexity index is 637. The quantitative estimate of drug-likeness (QED) is 0.668. The number of hydrogen-bond acceptors (Lipinski definition) is 6. The van der Waals surface area contributed by atoms with E-state index in [2.05, 4.69) is 47.1 Å². The second kappa shape index (κ2) is 10.3. The van der Waals surface area contributed by atoms with Crippen molar-refractivity contribution < 1.29 is 9.84 Å². The highest BCUT2D eigenvalue weighted by molar-refractivity contribution is 5.97. The van der Waals surface area contributed by atoms with Crippen molar-refractivity contribution in [2.45, 2.75) is 59.4 Å². The predicted octanol–water partition coefficient (Wildman–Crippen LogP) is 3.42. The molecule has 26 heavy (non-hydrogen) atoms. The van der Waals surface area contributed by atoms with Gasteiger partial charge in [0.15, 0.2) is 11.6 Å². The zero-order chi connectivity index (χ0) is 18.9. The number of dihydropyridines is 1. The summed E-state index contributed by atoms with van der Waals surface area (Å²) in [4.78, 5) is 13.5. The first kappa shape index (κ1) is 20.4. The molecular formula is C20H32N4O2. The number of aliphatic hydroxyl groups excluding tert-OH is 1. The van der Waals surface area contributed by atoms with Gasteiger partial charge in [-0.05, 0) is 31.8 Å². The molecular weight excluding hydrogens is 328 g/mol. The Morgan fingerprint density at radius 2 is 2.15 bits per heavy atom. The lowest BCUT2D eigenvalue weighted by atomic mass is 9.99. The highest BCUT2D eigenvalue weighted by Gasteiger charge is 2.16. The minimum absolute atomic E-state index is 0.151. The summed E-state index contributed by atoms with van der Waals surface area (Å²) in [7, 11) is 0. The van der Waals surface area contributed by atoms with Crippen molar-refractivity contribution in [3.05, 3.63) is 23.7 Å². The standard InChI is InChI=1S/C20H32N4O2/c1-5-7-16(8-9-25)23-20-18(12-22-19(6-2)24-20)26-13-17-10-14(3)15(4)11-21-17/h10,12,15-16,25H,5-9,11,13H2,1-4H3,(H,22,23,24)/t15?,16-/m0/s1. The van der Waals surface area contributed by atoms with Crippen molar-refractivity contribution in [1.82, 2.24) is 9.97 Å². The summed E-state index contributed by atoms with van der Waals surface area (Å²) in [6.07, 6.45) is 7.30. The summed E-state index contributed by atoms with van der Waals surface area (Å²) in [6.45, 7) is 9.86. The van der Waals surface area contributed by atoms with Gasteiger partial charge in [0.2, 0.25) is 0 Å². The summed E-state index contributed by atoms with van der Waals surface area (Å²) in [5.41, 5.74) is 2.28. The lowest BCUT2D eigenvalue weighted by Crippen LogP contribution is -2.23. The van der Waals surface area contributed by atoms with E-state index in [1.165, 1.54) is 5.57 Å². The molecule has 2 atom stereocenters. The molecule has 2 N–H and O–H groups in total. The van der Waals surface area contributed by atoms with Crippen LogP contribution in [0.5, 0.6) is 5.75 Å². The summed E-state index contributed by atoms with van der Waals surface area (Å²) < 4.78 is 5.99. The second-order valence-electron chi connectivity index (χ2n) is 6.90. The van der Waals surface area contributed by atoms with Gasteiger partial charge in [-0.15, -0.1) is 0 Å². The van der Waals surface area contributed by atoms with E-state index in [0.29, 0.717) is 30.5 Å². The zero-order valence-electron chi connectivity index (χ0n) is 16.5. The topological polar surface area (TPSA) is 79.6 Å². The van der Waals surface area contributed by atoms with Crippen LogP contribution in [-0.2, 0) is 6.42 Å². The molecule has 0 aromatic carbocycles. The molecule has 6 nitrogen and oxygen atoms in total. The molecule has 0 amide bonds. The number of hydrogen-bond donors (Lipinski definition) is 2. The van der Waals surface area contributed by atoms with Crippen LogP contribution in [0.1, 0.15) is 52.8 Å². The van der Waals surface area contributed by atoms with Crippen LogP contribution in [0.25, 0.3) is 0 Å². The molecule has 0 radical (unpaired) electrons. The fourth-order valence-corrected chi connectivity index (χ4v) is 2.86. The number of ether oxygens (including phenoxy) is 1. The number of nitrogens with one attached hydrogen (secondary N) is 1. The van der Waals surface area contributed by atoms with Gasteiger partial charge in [-0.3, -0.25) is 4.99 Å². The van der Waals surface area contributed by atoms with Gasteiger partial charge >= 0.3 is 0 Å². The Hall–Kier alpha value is -1.95. The van der Waals surface area contributed by atoms with E-state index < -0.39 is 0 Å². The van der Waals surface area contributed by atoms with Crippen LogP contribution >= 0.6 is 0 Å². The smallest absolute Gasteiger partial charge is 0.180 e. The van der Waals surface area contributed by atoms with Crippen LogP contribution in [0.4, 0.5) is 5.82 Å². The largest absolute Gasteiger partial charge is 0.482 e. The first-order valence-electron chi connectivity index (χ1n) is 9.64. The van der Waals surface area contributed by atoms with Crippen molar-refractivity contribution in [3.63, 3.8) is 0 Å². The third kappa shape index (κ3) is 5.80. The van der Waals surface area contributed by atoms with Gasteiger partial charge in [0.1, 0.15) is 12.4 Å². The molecule has 0 saturated heterocycles. The van der Waals surface area contributed by atoms with Crippen LogP contribution in [0.3, 0.4) is 0 Å². The Kier molecular flexibility index (Phi) is 8.04. The Morgan fingerprint density at radius 3 is 2.81 bits per heavy atom. The number of aryl methyl sites for hydroxylation is 1. The van der Waals surface area contributed by atoms with Gasteiger partial charge in [-0.1, -0.05) is 32.8 Å². The molecule has 1 aliphatic heterocycles. The van der Waals surface area contributed by atoms with Crippen LogP contribution < -0.4 is 10.1 Å². The number of anilines is 1. The Balaban J connectivity index is 2.11. The number of aliphatic imine (C=N–C) groups is 1. The van der Waals surface area contributed by atoms with Gasteiger partial charge in [-0.2, -0.15) is 0 Å². The predicted molar refractivity (Wildman–Crippen MR) is 106 cm³/mol. The molecule has 1 aromatic rings. The molecule has 144 valence electrons. The minimum atomic E-state index is 0.151. The van der Waals surface area contributed by atoms with E-state index in [-0.39, 0.29) is 12.6 Å². The van der Waals surface area contributed by atoms with Crippen molar-refractivity contribution in [3.8, 4) is 5.75 Å². The zero-order valence-corrected chi connectivity index (χ0v) is 16.5. The van der Waals surface area contributed by atoms with Crippen LogP contribution in [0, 0.1) is 5.92 Å². The Labute approximate surface area is 156 Å². The van der Waals surface area contributed by atoms with Crippen molar-refractivity contribution in [2.24, 2.45) is 10.9 Å². The molecule has 6 heteroatoms. The van der Waals surface area contributed by atoms with Crippen molar-refractivity contribution in [1.29, 1.82) is 0 Å². The average molecular weight is 361 g/mol. The average Bonchev–Trinajstić information content (AvgIpc) is 2.63. The number of nitrogens with zero attached hydrogens (tertiary/aromatic N) is 3. The maximum atomic E-state index is 9.30. The molecule has 1 aliphatic rings. The van der Waals surface area contributed by atoms with Crippen LogP contribution in [-0.4, -0.2) is 46.6 Å². The third-order valence-corrected chi connectivity index (χ3v) is 4.69. The van der Waals surface area contributed by atoms with Crippen molar-refractivity contribution >= 4 is 11.5 Å². The molecule has 1 aromatic heterocycles. The first-order valence-corrected chi connectivity index (χ1v) is 9.64. The maximum absolute atomic E-state index is 9.30.